The predicted octanol–water partition coefficient (Wildman–Crippen LogP) is 3.14. The smallest absolute Gasteiger partial charge is 0.328 e. The van der Waals surface area contributed by atoms with Gasteiger partial charge in [-0.3, -0.25) is 9.69 Å². The Morgan fingerprint density at radius 1 is 1.00 bits per heavy atom. The third-order valence-corrected chi connectivity index (χ3v) is 4.16. The van der Waals surface area contributed by atoms with Crippen molar-refractivity contribution in [2.75, 3.05) is 34.9 Å². The minimum atomic E-state index is -0.443. The molecule has 0 saturated carbocycles. The Kier molecular flexibility index (Phi) is 5.98. The zero-order valence-corrected chi connectivity index (χ0v) is 16.3. The van der Waals surface area contributed by atoms with Gasteiger partial charge in [0.1, 0.15) is 6.33 Å². The van der Waals surface area contributed by atoms with Gasteiger partial charge in [0.2, 0.25) is 11.9 Å². The van der Waals surface area contributed by atoms with E-state index in [2.05, 4.69) is 30.9 Å². The highest BCUT2D eigenvalue weighted by atomic mass is 16.2. The lowest BCUT2D eigenvalue weighted by Crippen LogP contribution is -2.33. The molecule has 0 radical (unpaired) electrons. The SMILES string of the molecule is CNc1ncnc(N(C)C(=O)Nc2cc(C(=O)Nc3ccccc3)ccc2C)n1. The molecule has 148 valence electrons. The molecule has 0 atom stereocenters. The summed E-state index contributed by atoms with van der Waals surface area (Å²) < 4.78 is 0. The van der Waals surface area contributed by atoms with E-state index >= 15 is 0 Å². The molecule has 0 aliphatic carbocycles. The predicted molar refractivity (Wildman–Crippen MR) is 112 cm³/mol. The monoisotopic (exact) mass is 391 g/mol. The van der Waals surface area contributed by atoms with Crippen LogP contribution in [0, 0.1) is 6.92 Å². The molecule has 3 aromatic rings. The van der Waals surface area contributed by atoms with Crippen molar-refractivity contribution >= 4 is 35.2 Å². The van der Waals surface area contributed by atoms with Gasteiger partial charge in [0, 0.05) is 31.0 Å². The van der Waals surface area contributed by atoms with Gasteiger partial charge in [0.15, 0.2) is 0 Å². The van der Waals surface area contributed by atoms with E-state index in [4.69, 9.17) is 0 Å². The lowest BCUT2D eigenvalue weighted by molar-refractivity contribution is 0.102. The van der Waals surface area contributed by atoms with Gasteiger partial charge in [0.25, 0.3) is 5.91 Å². The number of nitrogens with zero attached hydrogens (tertiary/aromatic N) is 4. The van der Waals surface area contributed by atoms with Crippen LogP contribution in [0.15, 0.2) is 54.9 Å². The summed E-state index contributed by atoms with van der Waals surface area (Å²) in [4.78, 5) is 38.5. The van der Waals surface area contributed by atoms with Gasteiger partial charge in [-0.15, -0.1) is 0 Å². The number of aryl methyl sites for hydroxylation is 1. The highest BCUT2D eigenvalue weighted by Crippen LogP contribution is 2.19. The number of aromatic nitrogens is 3. The van der Waals surface area contributed by atoms with Gasteiger partial charge in [-0.2, -0.15) is 4.98 Å². The first-order valence-electron chi connectivity index (χ1n) is 8.86. The van der Waals surface area contributed by atoms with Gasteiger partial charge in [-0.25, -0.2) is 14.8 Å². The van der Waals surface area contributed by atoms with E-state index in [9.17, 15) is 9.59 Å². The van der Waals surface area contributed by atoms with Crippen LogP contribution in [0.25, 0.3) is 0 Å². The van der Waals surface area contributed by atoms with E-state index in [0.29, 0.717) is 22.9 Å². The van der Waals surface area contributed by atoms with E-state index in [1.54, 1.807) is 44.4 Å². The minimum Gasteiger partial charge on any atom is -0.357 e. The van der Waals surface area contributed by atoms with Gasteiger partial charge in [0.05, 0.1) is 0 Å². The van der Waals surface area contributed by atoms with E-state index in [0.717, 1.165) is 5.56 Å². The Morgan fingerprint density at radius 2 is 1.76 bits per heavy atom. The van der Waals surface area contributed by atoms with Crippen LogP contribution in [0.3, 0.4) is 0 Å². The molecule has 0 aliphatic heterocycles. The van der Waals surface area contributed by atoms with E-state index in [1.165, 1.54) is 11.2 Å². The second-order valence-electron chi connectivity index (χ2n) is 6.20. The lowest BCUT2D eigenvalue weighted by Gasteiger charge is -2.17. The number of nitrogens with one attached hydrogen (secondary N) is 3. The van der Waals surface area contributed by atoms with Gasteiger partial charge in [-0.05, 0) is 36.8 Å². The molecule has 0 bridgehead atoms. The van der Waals surface area contributed by atoms with Crippen LogP contribution in [0.5, 0.6) is 0 Å². The number of hydrogen-bond acceptors (Lipinski definition) is 6. The average Bonchev–Trinajstić information content (AvgIpc) is 2.75. The van der Waals surface area contributed by atoms with Crippen LogP contribution >= 0.6 is 0 Å². The molecule has 3 rings (SSSR count). The molecule has 3 N–H and O–H groups in total. The van der Waals surface area contributed by atoms with E-state index < -0.39 is 6.03 Å². The van der Waals surface area contributed by atoms with Crippen LogP contribution in [-0.2, 0) is 0 Å². The van der Waals surface area contributed by atoms with Crippen molar-refractivity contribution < 1.29 is 9.59 Å². The third kappa shape index (κ3) is 4.83. The summed E-state index contributed by atoms with van der Waals surface area (Å²) in [6.07, 6.45) is 1.32. The van der Waals surface area contributed by atoms with Crippen molar-refractivity contribution in [3.63, 3.8) is 0 Å². The standard InChI is InChI=1S/C20H21N7O2/c1-13-9-10-14(17(28)24-15-7-5-4-6-8-15)11-16(13)25-20(29)27(3)19-23-12-22-18(21-2)26-19/h4-12H,1-3H3,(H,24,28)(H,25,29)(H,21,22,23,26). The molecular weight excluding hydrogens is 370 g/mol. The molecule has 1 heterocycles. The third-order valence-electron chi connectivity index (χ3n) is 4.16. The van der Waals surface area contributed by atoms with Crippen molar-refractivity contribution in [3.05, 3.63) is 66.0 Å². The topological polar surface area (TPSA) is 112 Å². The van der Waals surface area contributed by atoms with Gasteiger partial charge >= 0.3 is 6.03 Å². The molecule has 9 nitrogen and oxygen atoms in total. The molecule has 1 aromatic heterocycles. The number of carbonyl (C=O) groups excluding carboxylic acids is 2. The molecule has 9 heteroatoms. The molecule has 0 aliphatic rings. The van der Waals surface area contributed by atoms with Crippen LogP contribution in [0.1, 0.15) is 15.9 Å². The first-order valence-corrected chi connectivity index (χ1v) is 8.86. The van der Waals surface area contributed by atoms with E-state index in [-0.39, 0.29) is 11.9 Å². The van der Waals surface area contributed by atoms with Crippen molar-refractivity contribution in [3.8, 4) is 0 Å². The minimum absolute atomic E-state index is 0.192. The number of para-hydroxylation sites is 1. The summed E-state index contributed by atoms with van der Waals surface area (Å²) >= 11 is 0. The maximum absolute atomic E-state index is 12.6. The molecule has 0 unspecified atom stereocenters. The first-order chi connectivity index (χ1) is 14.0. The molecule has 0 saturated heterocycles. The quantitative estimate of drug-likeness (QED) is 0.616. The molecule has 3 amide bonds. The Balaban J connectivity index is 1.75. The highest BCUT2D eigenvalue weighted by molar-refractivity contribution is 6.06. The zero-order chi connectivity index (χ0) is 20.8. The summed E-state index contributed by atoms with van der Waals surface area (Å²) in [6.45, 7) is 1.84. The maximum Gasteiger partial charge on any atom is 0.328 e. The number of amides is 3. The average molecular weight is 391 g/mol. The van der Waals surface area contributed by atoms with Crippen LogP contribution < -0.4 is 20.9 Å². The zero-order valence-electron chi connectivity index (χ0n) is 16.3. The van der Waals surface area contributed by atoms with Gasteiger partial charge < -0.3 is 16.0 Å². The second-order valence-corrected chi connectivity index (χ2v) is 6.20. The summed E-state index contributed by atoms with van der Waals surface area (Å²) in [7, 11) is 3.22. The fourth-order valence-corrected chi connectivity index (χ4v) is 2.48. The van der Waals surface area contributed by atoms with Crippen molar-refractivity contribution in [1.82, 2.24) is 15.0 Å². The molecule has 29 heavy (non-hydrogen) atoms. The Bertz CT molecular complexity index is 1020. The number of anilines is 4. The highest BCUT2D eigenvalue weighted by Gasteiger charge is 2.16. The summed E-state index contributed by atoms with van der Waals surface area (Å²) in [6, 6.07) is 13.8. The normalized spacial score (nSPS) is 10.2. The molecule has 2 aromatic carbocycles. The van der Waals surface area contributed by atoms with Crippen LogP contribution in [0.2, 0.25) is 0 Å². The number of benzene rings is 2. The Hall–Kier alpha value is -4.01. The fraction of sp³-hybridized carbons (Fsp3) is 0.150. The first kappa shape index (κ1) is 19.7. The fourth-order valence-electron chi connectivity index (χ4n) is 2.48. The number of hydrogen-bond donors (Lipinski definition) is 3. The number of rotatable bonds is 5. The summed E-state index contributed by atoms with van der Waals surface area (Å²) in [5, 5.41) is 8.41. The number of carbonyl (C=O) groups is 2. The largest absolute Gasteiger partial charge is 0.357 e. The van der Waals surface area contributed by atoms with Crippen molar-refractivity contribution in [2.45, 2.75) is 6.92 Å². The summed E-state index contributed by atoms with van der Waals surface area (Å²) in [5.74, 6) is 0.277. The lowest BCUT2D eigenvalue weighted by atomic mass is 10.1. The maximum atomic E-state index is 12.6. The molecule has 0 spiro atoms. The molecule has 0 fully saturated rings. The van der Waals surface area contributed by atoms with E-state index in [1.807, 2.05) is 25.1 Å². The second kappa shape index (κ2) is 8.79. The number of urea groups is 1. The Morgan fingerprint density at radius 3 is 2.48 bits per heavy atom. The molecular formula is C20H21N7O2. The Labute approximate surface area is 168 Å². The van der Waals surface area contributed by atoms with Crippen LogP contribution in [-0.4, -0.2) is 41.0 Å². The summed E-state index contributed by atoms with van der Waals surface area (Å²) in [5.41, 5.74) is 2.45. The van der Waals surface area contributed by atoms with Gasteiger partial charge in [-0.1, -0.05) is 24.3 Å². The van der Waals surface area contributed by atoms with Crippen molar-refractivity contribution in [2.24, 2.45) is 0 Å². The van der Waals surface area contributed by atoms with Crippen molar-refractivity contribution in [1.29, 1.82) is 0 Å². The van der Waals surface area contributed by atoms with Crippen LogP contribution in [0.4, 0.5) is 28.1 Å².